The van der Waals surface area contributed by atoms with Crippen LogP contribution in [0.5, 0.6) is 0 Å². The number of pyridine rings is 1. The molecular weight excluding hydrogens is 244 g/mol. The fourth-order valence-electron chi connectivity index (χ4n) is 1.70. The van der Waals surface area contributed by atoms with Gasteiger partial charge in [-0.25, -0.2) is 0 Å². The van der Waals surface area contributed by atoms with Gasteiger partial charge >= 0.3 is 0 Å². The van der Waals surface area contributed by atoms with E-state index < -0.39 is 0 Å². The lowest BCUT2D eigenvalue weighted by atomic mass is 10.2. The second-order valence-corrected chi connectivity index (χ2v) is 5.37. The highest BCUT2D eigenvalue weighted by Crippen LogP contribution is 2.19. The van der Waals surface area contributed by atoms with E-state index in [1.165, 1.54) is 0 Å². The molecule has 1 unspecified atom stereocenters. The lowest BCUT2D eigenvalue weighted by Gasteiger charge is -2.32. The Kier molecular flexibility index (Phi) is 3.71. The van der Waals surface area contributed by atoms with Gasteiger partial charge < -0.3 is 4.90 Å². The minimum Gasteiger partial charge on any atom is -0.333 e. The summed E-state index contributed by atoms with van der Waals surface area (Å²) < 4.78 is 0. The van der Waals surface area contributed by atoms with Gasteiger partial charge in [0.15, 0.2) is 0 Å². The zero-order valence-corrected chi connectivity index (χ0v) is 10.6. The monoisotopic (exact) mass is 256 g/mol. The average Bonchev–Trinajstić information content (AvgIpc) is 2.29. The molecule has 1 aromatic heterocycles. The molecule has 1 aliphatic rings. The summed E-state index contributed by atoms with van der Waals surface area (Å²) in [4.78, 5) is 18.1. The molecule has 0 saturated carbocycles. The van der Waals surface area contributed by atoms with Gasteiger partial charge in [0.2, 0.25) is 0 Å². The number of carbonyl (C=O) groups is 1. The lowest BCUT2D eigenvalue weighted by Crippen LogP contribution is -2.44. The maximum absolute atomic E-state index is 12.2. The van der Waals surface area contributed by atoms with E-state index in [2.05, 4.69) is 11.9 Å². The zero-order valence-electron chi connectivity index (χ0n) is 9.02. The molecule has 86 valence electrons. The second kappa shape index (κ2) is 5.06. The first kappa shape index (κ1) is 11.7. The van der Waals surface area contributed by atoms with Crippen LogP contribution in [-0.4, -0.2) is 39.9 Å². The molecule has 2 rings (SSSR count). The Hall–Kier alpha value is -0.740. The van der Waals surface area contributed by atoms with Crippen LogP contribution in [0.2, 0.25) is 5.02 Å². The van der Waals surface area contributed by atoms with Crippen LogP contribution in [0.3, 0.4) is 0 Å². The minimum atomic E-state index is -0.0182. The van der Waals surface area contributed by atoms with Crippen LogP contribution in [0.1, 0.15) is 17.4 Å². The number of amides is 1. The molecule has 0 aliphatic carbocycles. The van der Waals surface area contributed by atoms with Crippen LogP contribution in [-0.2, 0) is 0 Å². The van der Waals surface area contributed by atoms with Crippen molar-refractivity contribution in [1.29, 1.82) is 0 Å². The average molecular weight is 257 g/mol. The number of aromatic nitrogens is 1. The van der Waals surface area contributed by atoms with Crippen molar-refractivity contribution in [3.05, 3.63) is 29.0 Å². The van der Waals surface area contributed by atoms with Gasteiger partial charge in [-0.2, -0.15) is 11.8 Å². The van der Waals surface area contributed by atoms with Crippen LogP contribution in [0.15, 0.2) is 18.3 Å². The number of rotatable bonds is 1. The molecule has 1 fully saturated rings. The third-order valence-electron chi connectivity index (χ3n) is 2.57. The molecule has 0 bridgehead atoms. The normalized spacial score (nSPS) is 20.9. The number of thioether (sulfide) groups is 1. The van der Waals surface area contributed by atoms with Gasteiger partial charge in [0.1, 0.15) is 5.69 Å². The second-order valence-electron chi connectivity index (χ2n) is 3.78. The van der Waals surface area contributed by atoms with Crippen molar-refractivity contribution in [1.82, 2.24) is 9.88 Å². The lowest BCUT2D eigenvalue weighted by molar-refractivity contribution is 0.0710. The third-order valence-corrected chi connectivity index (χ3v) is 3.99. The highest BCUT2D eigenvalue weighted by atomic mass is 35.5. The highest BCUT2D eigenvalue weighted by Gasteiger charge is 2.25. The van der Waals surface area contributed by atoms with Crippen molar-refractivity contribution in [2.24, 2.45) is 0 Å². The van der Waals surface area contributed by atoms with Crippen molar-refractivity contribution in [2.75, 3.05) is 18.1 Å². The van der Waals surface area contributed by atoms with Crippen LogP contribution in [0, 0.1) is 0 Å². The number of halogens is 1. The van der Waals surface area contributed by atoms with Crippen molar-refractivity contribution < 1.29 is 4.79 Å². The summed E-state index contributed by atoms with van der Waals surface area (Å²) in [6.45, 7) is 2.85. The largest absolute Gasteiger partial charge is 0.333 e. The predicted octanol–water partition coefficient (Wildman–Crippen LogP) is 2.31. The fraction of sp³-hybridized carbons (Fsp3) is 0.455. The first-order valence-corrected chi connectivity index (χ1v) is 6.72. The molecular formula is C11H13ClN2OS. The van der Waals surface area contributed by atoms with Gasteiger partial charge in [-0.15, -0.1) is 0 Å². The molecule has 2 heterocycles. The Balaban J connectivity index is 2.17. The maximum atomic E-state index is 12.2. The molecule has 0 spiro atoms. The highest BCUT2D eigenvalue weighted by molar-refractivity contribution is 7.99. The Bertz CT molecular complexity index is 399. The molecule has 16 heavy (non-hydrogen) atoms. The standard InChI is InChI=1S/C11H13ClN2OS/c1-8-7-16-5-4-14(8)11(15)10-6-9(12)2-3-13-10/h2-3,6,8H,4-5,7H2,1H3. The first-order valence-electron chi connectivity index (χ1n) is 5.19. The smallest absolute Gasteiger partial charge is 0.272 e. The van der Waals surface area contributed by atoms with Crippen LogP contribution < -0.4 is 0 Å². The summed E-state index contributed by atoms with van der Waals surface area (Å²) in [6.07, 6.45) is 1.57. The van der Waals surface area contributed by atoms with E-state index >= 15 is 0 Å². The Morgan fingerprint density at radius 2 is 2.50 bits per heavy atom. The predicted molar refractivity (Wildman–Crippen MR) is 67.1 cm³/mol. The van der Waals surface area contributed by atoms with E-state index in [4.69, 9.17) is 11.6 Å². The van der Waals surface area contributed by atoms with E-state index in [9.17, 15) is 4.79 Å². The van der Waals surface area contributed by atoms with Crippen LogP contribution in [0.25, 0.3) is 0 Å². The third kappa shape index (κ3) is 2.50. The van der Waals surface area contributed by atoms with E-state index in [1.807, 2.05) is 16.7 Å². The molecule has 1 atom stereocenters. The molecule has 0 N–H and O–H groups in total. The summed E-state index contributed by atoms with van der Waals surface area (Å²) in [5, 5.41) is 0.553. The summed E-state index contributed by atoms with van der Waals surface area (Å²) in [5.41, 5.74) is 0.436. The van der Waals surface area contributed by atoms with Crippen molar-refractivity contribution in [2.45, 2.75) is 13.0 Å². The molecule has 1 saturated heterocycles. The van der Waals surface area contributed by atoms with Gasteiger partial charge in [-0.05, 0) is 19.1 Å². The number of nitrogens with zero attached hydrogens (tertiary/aromatic N) is 2. The number of hydrogen-bond donors (Lipinski definition) is 0. The molecule has 1 aromatic rings. The number of hydrogen-bond acceptors (Lipinski definition) is 3. The van der Waals surface area contributed by atoms with Crippen molar-refractivity contribution in [3.8, 4) is 0 Å². The van der Waals surface area contributed by atoms with Gasteiger partial charge in [-0.1, -0.05) is 11.6 Å². The van der Waals surface area contributed by atoms with E-state index in [0.29, 0.717) is 10.7 Å². The SMILES string of the molecule is CC1CSCCN1C(=O)c1cc(Cl)ccn1. The minimum absolute atomic E-state index is 0.0182. The summed E-state index contributed by atoms with van der Waals surface area (Å²) in [6, 6.07) is 3.57. The van der Waals surface area contributed by atoms with E-state index in [-0.39, 0.29) is 11.9 Å². The van der Waals surface area contributed by atoms with Crippen LogP contribution in [0.4, 0.5) is 0 Å². The van der Waals surface area contributed by atoms with E-state index in [0.717, 1.165) is 18.1 Å². The maximum Gasteiger partial charge on any atom is 0.272 e. The fourth-order valence-corrected chi connectivity index (χ4v) is 2.87. The van der Waals surface area contributed by atoms with Gasteiger partial charge in [0.05, 0.1) is 0 Å². The van der Waals surface area contributed by atoms with E-state index in [1.54, 1.807) is 18.3 Å². The topological polar surface area (TPSA) is 33.2 Å². The summed E-state index contributed by atoms with van der Waals surface area (Å²) in [5.74, 6) is 1.97. The summed E-state index contributed by atoms with van der Waals surface area (Å²) >= 11 is 7.73. The zero-order chi connectivity index (χ0) is 11.5. The Morgan fingerprint density at radius 1 is 1.69 bits per heavy atom. The first-order chi connectivity index (χ1) is 7.68. The van der Waals surface area contributed by atoms with Crippen molar-refractivity contribution in [3.63, 3.8) is 0 Å². The molecule has 0 radical (unpaired) electrons. The van der Waals surface area contributed by atoms with Gasteiger partial charge in [-0.3, -0.25) is 9.78 Å². The summed E-state index contributed by atoms with van der Waals surface area (Å²) in [7, 11) is 0. The molecule has 1 aliphatic heterocycles. The quantitative estimate of drug-likeness (QED) is 0.773. The molecule has 5 heteroatoms. The molecule has 1 amide bonds. The Morgan fingerprint density at radius 3 is 3.19 bits per heavy atom. The molecule has 3 nitrogen and oxygen atoms in total. The van der Waals surface area contributed by atoms with Crippen molar-refractivity contribution >= 4 is 29.3 Å². The Labute approximate surface area is 104 Å². The van der Waals surface area contributed by atoms with Gasteiger partial charge in [0, 0.05) is 35.3 Å². The van der Waals surface area contributed by atoms with Crippen LogP contribution >= 0.6 is 23.4 Å². The molecule has 0 aromatic carbocycles. The van der Waals surface area contributed by atoms with Gasteiger partial charge in [0.25, 0.3) is 5.91 Å². The number of carbonyl (C=O) groups excluding carboxylic acids is 1.